The molecule has 0 saturated heterocycles. The molecule has 2 aromatic carbocycles. The van der Waals surface area contributed by atoms with E-state index >= 15 is 0 Å². The molecule has 0 radical (unpaired) electrons. The largest absolute Gasteiger partial charge is 0.492 e. The van der Waals surface area contributed by atoms with E-state index in [1.807, 2.05) is 36.4 Å². The lowest BCUT2D eigenvalue weighted by atomic mass is 10.0. The number of nitrogens with one attached hydrogen (secondary N) is 1. The van der Waals surface area contributed by atoms with Crippen LogP contribution in [0.3, 0.4) is 0 Å². The molecule has 2 atom stereocenters. The van der Waals surface area contributed by atoms with Crippen molar-refractivity contribution in [2.75, 3.05) is 12.5 Å². The fourth-order valence-electron chi connectivity index (χ4n) is 2.27. The van der Waals surface area contributed by atoms with Crippen molar-refractivity contribution in [2.24, 2.45) is 0 Å². The minimum atomic E-state index is 0. The summed E-state index contributed by atoms with van der Waals surface area (Å²) in [6, 6.07) is 20.8. The highest BCUT2D eigenvalue weighted by molar-refractivity contribution is 6.17. The van der Waals surface area contributed by atoms with E-state index in [4.69, 9.17) is 16.3 Å². The molecular formula is C18H23Cl2NO. The number of hydrogen-bond acceptors (Lipinski definition) is 2. The second kappa shape index (κ2) is 10.5. The van der Waals surface area contributed by atoms with Crippen LogP contribution >= 0.6 is 24.0 Å². The molecule has 2 nitrogen and oxygen atoms in total. The molecule has 0 aromatic heterocycles. The van der Waals surface area contributed by atoms with Crippen LogP contribution in [0, 0.1) is 0 Å². The number of rotatable bonds is 8. The average Bonchev–Trinajstić information content (AvgIpc) is 2.54. The first-order chi connectivity index (χ1) is 10.3. The molecule has 0 aliphatic carbocycles. The number of para-hydroxylation sites is 1. The summed E-state index contributed by atoms with van der Waals surface area (Å²) in [5.74, 6) is 1.54. The summed E-state index contributed by atoms with van der Waals surface area (Å²) in [5, 5.41) is 3.59. The molecule has 0 saturated carbocycles. The monoisotopic (exact) mass is 339 g/mol. The Morgan fingerprint density at radius 2 is 1.59 bits per heavy atom. The van der Waals surface area contributed by atoms with Gasteiger partial charge in [-0.3, -0.25) is 0 Å². The Hall–Kier alpha value is -1.22. The minimum Gasteiger partial charge on any atom is -0.492 e. The molecule has 120 valence electrons. The van der Waals surface area contributed by atoms with Crippen molar-refractivity contribution in [3.05, 3.63) is 66.2 Å². The summed E-state index contributed by atoms with van der Waals surface area (Å²) in [6.07, 6.45) is 0.904. The van der Waals surface area contributed by atoms with Crippen molar-refractivity contribution in [3.8, 4) is 5.75 Å². The third-order valence-electron chi connectivity index (χ3n) is 3.33. The summed E-state index contributed by atoms with van der Waals surface area (Å²) in [5.41, 5.74) is 1.27. The van der Waals surface area contributed by atoms with Gasteiger partial charge in [0.25, 0.3) is 0 Å². The Kier molecular flexibility index (Phi) is 8.98. The second-order valence-electron chi connectivity index (χ2n) is 5.13. The topological polar surface area (TPSA) is 21.3 Å². The maximum atomic E-state index is 5.93. The van der Waals surface area contributed by atoms with Gasteiger partial charge in [-0.05, 0) is 31.0 Å². The summed E-state index contributed by atoms with van der Waals surface area (Å²) in [6.45, 7) is 2.77. The van der Waals surface area contributed by atoms with Gasteiger partial charge in [0.05, 0.1) is 0 Å². The molecule has 0 fully saturated rings. The molecule has 22 heavy (non-hydrogen) atoms. The Morgan fingerprint density at radius 1 is 1.00 bits per heavy atom. The van der Waals surface area contributed by atoms with Gasteiger partial charge in [0.15, 0.2) is 0 Å². The fraction of sp³-hybridized carbons (Fsp3) is 0.333. The lowest BCUT2D eigenvalue weighted by Gasteiger charge is -2.23. The van der Waals surface area contributed by atoms with Crippen LogP contribution in [0.2, 0.25) is 0 Å². The number of alkyl halides is 1. The van der Waals surface area contributed by atoms with Gasteiger partial charge in [0.2, 0.25) is 0 Å². The molecule has 0 spiro atoms. The average molecular weight is 340 g/mol. The molecule has 4 heteroatoms. The Labute approximate surface area is 144 Å². The highest BCUT2D eigenvalue weighted by Gasteiger charge is 2.14. The zero-order valence-electron chi connectivity index (χ0n) is 12.7. The van der Waals surface area contributed by atoms with Crippen LogP contribution in [0.1, 0.15) is 24.9 Å². The second-order valence-corrected chi connectivity index (χ2v) is 5.51. The summed E-state index contributed by atoms with van der Waals surface area (Å²) in [7, 11) is 0. The van der Waals surface area contributed by atoms with Crippen molar-refractivity contribution in [1.82, 2.24) is 5.32 Å². The van der Waals surface area contributed by atoms with Crippen LogP contribution in [0.25, 0.3) is 0 Å². The van der Waals surface area contributed by atoms with E-state index in [9.17, 15) is 0 Å². The smallest absolute Gasteiger partial charge is 0.119 e. The number of benzene rings is 2. The molecule has 0 heterocycles. The molecule has 0 aliphatic rings. The SMILES string of the molecule is CC(COc1ccccc1)NC(CCCl)c1ccccc1.Cl. The molecule has 2 aromatic rings. The molecule has 0 bridgehead atoms. The summed E-state index contributed by atoms with van der Waals surface area (Å²) >= 11 is 5.93. The van der Waals surface area contributed by atoms with E-state index in [2.05, 4.69) is 36.5 Å². The molecular weight excluding hydrogens is 317 g/mol. The van der Waals surface area contributed by atoms with Crippen molar-refractivity contribution in [2.45, 2.75) is 25.4 Å². The summed E-state index contributed by atoms with van der Waals surface area (Å²) in [4.78, 5) is 0. The molecule has 0 aliphatic heterocycles. The number of ether oxygens (including phenoxy) is 1. The van der Waals surface area contributed by atoms with E-state index in [1.54, 1.807) is 0 Å². The molecule has 1 N–H and O–H groups in total. The van der Waals surface area contributed by atoms with Crippen LogP contribution in [0.15, 0.2) is 60.7 Å². The van der Waals surface area contributed by atoms with E-state index in [1.165, 1.54) is 5.56 Å². The van der Waals surface area contributed by atoms with Gasteiger partial charge < -0.3 is 10.1 Å². The van der Waals surface area contributed by atoms with Gasteiger partial charge in [0, 0.05) is 18.0 Å². The normalized spacial score (nSPS) is 13.0. The van der Waals surface area contributed by atoms with Gasteiger partial charge in [0.1, 0.15) is 12.4 Å². The van der Waals surface area contributed by atoms with Crippen LogP contribution in [0.4, 0.5) is 0 Å². The van der Waals surface area contributed by atoms with E-state index in [-0.39, 0.29) is 24.5 Å². The van der Waals surface area contributed by atoms with Gasteiger partial charge in [-0.1, -0.05) is 48.5 Å². The lowest BCUT2D eigenvalue weighted by Crippen LogP contribution is -2.35. The quantitative estimate of drug-likeness (QED) is 0.695. The van der Waals surface area contributed by atoms with E-state index < -0.39 is 0 Å². The lowest BCUT2D eigenvalue weighted by molar-refractivity contribution is 0.260. The zero-order chi connectivity index (χ0) is 14.9. The highest BCUT2D eigenvalue weighted by atomic mass is 35.5. The summed E-state index contributed by atoms with van der Waals surface area (Å²) < 4.78 is 5.79. The Morgan fingerprint density at radius 3 is 2.18 bits per heavy atom. The highest BCUT2D eigenvalue weighted by Crippen LogP contribution is 2.18. The van der Waals surface area contributed by atoms with Crippen LogP contribution in [-0.2, 0) is 0 Å². The predicted molar refractivity (Wildman–Crippen MR) is 96.3 cm³/mol. The predicted octanol–water partition coefficient (Wildman–Crippen LogP) is 4.84. The van der Waals surface area contributed by atoms with Crippen molar-refractivity contribution in [3.63, 3.8) is 0 Å². The fourth-order valence-corrected chi connectivity index (χ4v) is 2.49. The van der Waals surface area contributed by atoms with Crippen molar-refractivity contribution < 1.29 is 4.74 Å². The van der Waals surface area contributed by atoms with Crippen LogP contribution in [0.5, 0.6) is 5.75 Å². The molecule has 2 unspecified atom stereocenters. The standard InChI is InChI=1S/C18H22ClNO.ClH/c1-15(14-21-17-10-6-3-7-11-17)20-18(12-13-19)16-8-4-2-5-9-16;/h2-11,15,18,20H,12-14H2,1H3;1H. The molecule has 0 amide bonds. The van der Waals surface area contributed by atoms with E-state index in [0.29, 0.717) is 12.5 Å². The maximum Gasteiger partial charge on any atom is 0.119 e. The number of hydrogen-bond donors (Lipinski definition) is 1. The third kappa shape index (κ3) is 6.27. The van der Waals surface area contributed by atoms with Crippen molar-refractivity contribution in [1.29, 1.82) is 0 Å². The third-order valence-corrected chi connectivity index (χ3v) is 3.55. The van der Waals surface area contributed by atoms with Gasteiger partial charge in [-0.25, -0.2) is 0 Å². The first-order valence-corrected chi connectivity index (χ1v) is 7.88. The van der Waals surface area contributed by atoms with Gasteiger partial charge in [-0.15, -0.1) is 24.0 Å². The zero-order valence-corrected chi connectivity index (χ0v) is 14.3. The van der Waals surface area contributed by atoms with E-state index in [0.717, 1.165) is 12.2 Å². The van der Waals surface area contributed by atoms with Crippen molar-refractivity contribution >= 4 is 24.0 Å². The number of halogens is 2. The van der Waals surface area contributed by atoms with Crippen LogP contribution < -0.4 is 10.1 Å². The minimum absolute atomic E-state index is 0. The first-order valence-electron chi connectivity index (χ1n) is 7.34. The molecule has 2 rings (SSSR count). The first kappa shape index (κ1) is 18.8. The maximum absolute atomic E-state index is 5.93. The van der Waals surface area contributed by atoms with Crippen LogP contribution in [-0.4, -0.2) is 18.5 Å². The Bertz CT molecular complexity index is 507. The van der Waals surface area contributed by atoms with Gasteiger partial charge >= 0.3 is 0 Å². The van der Waals surface area contributed by atoms with Gasteiger partial charge in [-0.2, -0.15) is 0 Å². The Balaban J connectivity index is 0.00000242.